The number of rotatable bonds is 5. The van der Waals surface area contributed by atoms with Crippen LogP contribution in [0.3, 0.4) is 0 Å². The molecule has 3 aromatic heterocycles. The van der Waals surface area contributed by atoms with E-state index in [1.807, 2.05) is 12.1 Å². The Kier molecular flexibility index (Phi) is 3.53. The highest BCUT2D eigenvalue weighted by molar-refractivity contribution is 5.89. The summed E-state index contributed by atoms with van der Waals surface area (Å²) in [7, 11) is 0. The number of nitrogens with one attached hydrogen (secondary N) is 1. The summed E-state index contributed by atoms with van der Waals surface area (Å²) < 4.78 is 29.0. The lowest BCUT2D eigenvalue weighted by molar-refractivity contribution is 0.406. The molecule has 0 amide bonds. The van der Waals surface area contributed by atoms with E-state index in [2.05, 4.69) is 25.3 Å². The van der Waals surface area contributed by atoms with Crippen LogP contribution in [0, 0.1) is 5.82 Å². The third kappa shape index (κ3) is 2.59. The molecule has 1 aliphatic carbocycles. The Bertz CT molecular complexity index is 1130. The first kappa shape index (κ1) is 16.0. The van der Waals surface area contributed by atoms with Gasteiger partial charge in [-0.25, -0.2) is 23.4 Å². The number of hydrogen-bond donors (Lipinski definition) is 1. The number of nitrogens with zero attached hydrogens (tertiary/aromatic N) is 5. The van der Waals surface area contributed by atoms with E-state index in [9.17, 15) is 8.78 Å². The molecule has 0 saturated heterocycles. The summed E-state index contributed by atoms with van der Waals surface area (Å²) in [6.07, 6.45) is 3.18. The minimum atomic E-state index is -0.543. The quantitative estimate of drug-likeness (QED) is 0.588. The first-order valence-corrected chi connectivity index (χ1v) is 8.74. The van der Waals surface area contributed by atoms with E-state index >= 15 is 0 Å². The van der Waals surface area contributed by atoms with E-state index in [1.54, 1.807) is 29.1 Å². The van der Waals surface area contributed by atoms with Gasteiger partial charge in [0, 0.05) is 11.8 Å². The number of pyridine rings is 1. The number of aromatic nitrogens is 6. The SMILES string of the molecule is FCC1(c2n[nH]c(-c3nn(Cc4ccccc4F)c4ncccc34)n2)CC1. The van der Waals surface area contributed by atoms with Crippen LogP contribution in [0.4, 0.5) is 8.78 Å². The standard InChI is InChI=1S/C19H16F2N6/c20-11-19(7-8-19)18-23-16(24-25-18)15-13-5-3-9-22-17(13)27(26-15)10-12-4-1-2-6-14(12)21/h1-6,9H,7-8,10-11H2,(H,23,24,25). The van der Waals surface area contributed by atoms with Crippen molar-refractivity contribution in [2.75, 3.05) is 6.67 Å². The number of halogens is 2. The molecule has 6 nitrogen and oxygen atoms in total. The van der Waals surface area contributed by atoms with Crippen molar-refractivity contribution < 1.29 is 8.78 Å². The maximum Gasteiger partial charge on any atom is 0.177 e. The third-order valence-electron chi connectivity index (χ3n) is 5.08. The Labute approximate surface area is 153 Å². The van der Waals surface area contributed by atoms with Crippen molar-refractivity contribution in [1.82, 2.24) is 29.9 Å². The van der Waals surface area contributed by atoms with Crippen molar-refractivity contribution >= 4 is 11.0 Å². The second kappa shape index (κ2) is 5.94. The lowest BCUT2D eigenvalue weighted by Crippen LogP contribution is -2.11. The molecular weight excluding hydrogens is 350 g/mol. The van der Waals surface area contributed by atoms with Gasteiger partial charge in [-0.3, -0.25) is 5.10 Å². The van der Waals surface area contributed by atoms with E-state index in [1.165, 1.54) is 6.07 Å². The van der Waals surface area contributed by atoms with Gasteiger partial charge in [0.2, 0.25) is 0 Å². The van der Waals surface area contributed by atoms with Crippen LogP contribution in [0.15, 0.2) is 42.6 Å². The van der Waals surface area contributed by atoms with Crippen LogP contribution in [-0.4, -0.2) is 36.6 Å². The van der Waals surface area contributed by atoms with Crippen LogP contribution < -0.4 is 0 Å². The summed E-state index contributed by atoms with van der Waals surface area (Å²) in [6.45, 7) is -0.218. The molecule has 1 aliphatic rings. The van der Waals surface area contributed by atoms with Gasteiger partial charge in [0.15, 0.2) is 17.3 Å². The van der Waals surface area contributed by atoms with Crippen molar-refractivity contribution in [3.8, 4) is 11.5 Å². The minimum absolute atomic E-state index is 0.246. The molecule has 1 aromatic carbocycles. The number of benzene rings is 1. The van der Waals surface area contributed by atoms with Crippen molar-refractivity contribution in [2.45, 2.75) is 24.8 Å². The van der Waals surface area contributed by atoms with Gasteiger partial charge >= 0.3 is 0 Å². The molecule has 0 atom stereocenters. The molecule has 136 valence electrons. The molecule has 8 heteroatoms. The summed E-state index contributed by atoms with van der Waals surface area (Å²) in [5.74, 6) is 0.662. The smallest absolute Gasteiger partial charge is 0.177 e. The average molecular weight is 366 g/mol. The Morgan fingerprint density at radius 3 is 2.78 bits per heavy atom. The van der Waals surface area contributed by atoms with Crippen LogP contribution in [0.1, 0.15) is 24.2 Å². The summed E-state index contributed by atoms with van der Waals surface area (Å²) in [5.41, 5.74) is 1.17. The monoisotopic (exact) mass is 366 g/mol. The normalized spacial score (nSPS) is 15.3. The summed E-state index contributed by atoms with van der Waals surface area (Å²) in [4.78, 5) is 8.88. The van der Waals surface area contributed by atoms with E-state index < -0.39 is 12.1 Å². The highest BCUT2D eigenvalue weighted by Gasteiger charge is 2.48. The zero-order chi connectivity index (χ0) is 18.4. The predicted octanol–water partition coefficient (Wildman–Crippen LogP) is 3.40. The Morgan fingerprint density at radius 2 is 2.00 bits per heavy atom. The van der Waals surface area contributed by atoms with Crippen molar-refractivity contribution in [1.29, 1.82) is 0 Å². The minimum Gasteiger partial charge on any atom is -0.258 e. The summed E-state index contributed by atoms with van der Waals surface area (Å²) in [5, 5.41) is 12.5. The van der Waals surface area contributed by atoms with Gasteiger partial charge in [-0.05, 0) is 31.0 Å². The Hall–Kier alpha value is -3.16. The molecule has 3 heterocycles. The van der Waals surface area contributed by atoms with Gasteiger partial charge in [0.05, 0.1) is 17.3 Å². The summed E-state index contributed by atoms with van der Waals surface area (Å²) in [6, 6.07) is 10.3. The van der Waals surface area contributed by atoms with Crippen LogP contribution in [0.25, 0.3) is 22.6 Å². The van der Waals surface area contributed by atoms with E-state index in [-0.39, 0.29) is 12.4 Å². The molecule has 0 aliphatic heterocycles. The van der Waals surface area contributed by atoms with E-state index in [0.717, 1.165) is 18.2 Å². The molecular formula is C19H16F2N6. The summed E-state index contributed by atoms with van der Waals surface area (Å²) >= 11 is 0. The fourth-order valence-corrected chi connectivity index (χ4v) is 3.26. The second-order valence-corrected chi connectivity index (χ2v) is 6.89. The third-order valence-corrected chi connectivity index (χ3v) is 5.08. The molecule has 1 N–H and O–H groups in total. The van der Waals surface area contributed by atoms with Crippen LogP contribution in [0.5, 0.6) is 0 Å². The topological polar surface area (TPSA) is 72.3 Å². The van der Waals surface area contributed by atoms with Gasteiger partial charge in [0.1, 0.15) is 18.2 Å². The van der Waals surface area contributed by atoms with E-state index in [4.69, 9.17) is 0 Å². The number of H-pyrrole nitrogens is 1. The molecule has 0 unspecified atom stereocenters. The highest BCUT2D eigenvalue weighted by atomic mass is 19.1. The van der Waals surface area contributed by atoms with Gasteiger partial charge in [0.25, 0.3) is 0 Å². The van der Waals surface area contributed by atoms with Crippen molar-refractivity contribution in [3.05, 3.63) is 59.8 Å². The van der Waals surface area contributed by atoms with Gasteiger partial charge in [-0.1, -0.05) is 18.2 Å². The van der Waals surface area contributed by atoms with Crippen LogP contribution >= 0.6 is 0 Å². The molecule has 1 saturated carbocycles. The van der Waals surface area contributed by atoms with E-state index in [0.29, 0.717) is 28.6 Å². The predicted molar refractivity (Wildman–Crippen MR) is 95.3 cm³/mol. The van der Waals surface area contributed by atoms with Crippen molar-refractivity contribution in [3.63, 3.8) is 0 Å². The highest BCUT2D eigenvalue weighted by Crippen LogP contribution is 2.47. The molecule has 27 heavy (non-hydrogen) atoms. The Balaban J connectivity index is 1.59. The maximum absolute atomic E-state index is 14.1. The van der Waals surface area contributed by atoms with Crippen LogP contribution in [-0.2, 0) is 12.0 Å². The second-order valence-electron chi connectivity index (χ2n) is 6.89. The molecule has 4 aromatic rings. The van der Waals surface area contributed by atoms with Crippen molar-refractivity contribution in [2.24, 2.45) is 0 Å². The number of hydrogen-bond acceptors (Lipinski definition) is 4. The fourth-order valence-electron chi connectivity index (χ4n) is 3.26. The number of alkyl halides is 1. The first-order valence-electron chi connectivity index (χ1n) is 8.74. The van der Waals surface area contributed by atoms with Gasteiger partial charge in [-0.15, -0.1) is 0 Å². The lowest BCUT2D eigenvalue weighted by atomic mass is 10.1. The first-order chi connectivity index (χ1) is 13.2. The molecule has 0 bridgehead atoms. The largest absolute Gasteiger partial charge is 0.258 e. The average Bonchev–Trinajstić information content (AvgIpc) is 3.19. The molecule has 0 spiro atoms. The number of aromatic amines is 1. The molecule has 0 radical (unpaired) electrons. The van der Waals surface area contributed by atoms with Gasteiger partial charge < -0.3 is 0 Å². The van der Waals surface area contributed by atoms with Crippen LogP contribution in [0.2, 0.25) is 0 Å². The fraction of sp³-hybridized carbons (Fsp3) is 0.263. The number of fused-ring (bicyclic) bond motifs is 1. The zero-order valence-corrected chi connectivity index (χ0v) is 14.4. The molecule has 5 rings (SSSR count). The zero-order valence-electron chi connectivity index (χ0n) is 14.4. The van der Waals surface area contributed by atoms with Gasteiger partial charge in [-0.2, -0.15) is 10.2 Å². The maximum atomic E-state index is 14.1. The lowest BCUT2D eigenvalue weighted by Gasteiger charge is -2.04. The molecule has 1 fully saturated rings. The Morgan fingerprint density at radius 1 is 1.15 bits per heavy atom.